The molecule has 2 heteroatoms. The summed E-state index contributed by atoms with van der Waals surface area (Å²) >= 11 is 0. The fraction of sp³-hybridized carbons (Fsp3) is 0.333. The van der Waals surface area contributed by atoms with Crippen LogP contribution in [0.15, 0.2) is 23.8 Å². The Kier molecular flexibility index (Phi) is 2.38. The van der Waals surface area contributed by atoms with Crippen LogP contribution in [0.1, 0.15) is 24.5 Å². The molecule has 0 unspecified atom stereocenters. The summed E-state index contributed by atoms with van der Waals surface area (Å²) < 4.78 is 13.3. The molecule has 1 aromatic carbocycles. The van der Waals surface area contributed by atoms with Crippen molar-refractivity contribution in [1.82, 2.24) is 0 Å². The van der Waals surface area contributed by atoms with Crippen LogP contribution in [0.4, 0.5) is 4.39 Å². The molecule has 0 saturated carbocycles. The highest BCUT2D eigenvalue weighted by Gasteiger charge is 2.19. The Labute approximate surface area is 82.9 Å². The van der Waals surface area contributed by atoms with Gasteiger partial charge in [0.1, 0.15) is 5.82 Å². The monoisotopic (exact) mass is 192 g/mol. The lowest BCUT2D eigenvalue weighted by atomic mass is 10.0. The molecular weight excluding hydrogens is 179 g/mol. The van der Waals surface area contributed by atoms with Crippen molar-refractivity contribution in [2.45, 2.75) is 25.9 Å². The van der Waals surface area contributed by atoms with Crippen molar-refractivity contribution in [3.63, 3.8) is 0 Å². The average Bonchev–Trinajstić information content (AvgIpc) is 2.62. The van der Waals surface area contributed by atoms with Gasteiger partial charge in [-0.05, 0) is 35.6 Å². The van der Waals surface area contributed by atoms with Crippen LogP contribution in [-0.2, 0) is 6.42 Å². The molecule has 0 saturated heterocycles. The van der Waals surface area contributed by atoms with E-state index in [2.05, 4.69) is 0 Å². The van der Waals surface area contributed by atoms with Gasteiger partial charge in [0, 0.05) is 0 Å². The van der Waals surface area contributed by atoms with Crippen LogP contribution in [0.3, 0.4) is 0 Å². The van der Waals surface area contributed by atoms with E-state index in [1.165, 1.54) is 6.07 Å². The maximum absolute atomic E-state index is 13.3. The lowest BCUT2D eigenvalue weighted by molar-refractivity contribution is 0.205. The summed E-state index contributed by atoms with van der Waals surface area (Å²) in [5, 5.41) is 9.63. The van der Waals surface area contributed by atoms with Gasteiger partial charge in [-0.3, -0.25) is 0 Å². The molecule has 0 spiro atoms. The first kappa shape index (κ1) is 9.41. The smallest absolute Gasteiger partial charge is 0.127 e. The predicted octanol–water partition coefficient (Wildman–Crippen LogP) is 2.54. The number of hydrogen-bond donors (Lipinski definition) is 1. The molecule has 0 bridgehead atoms. The van der Waals surface area contributed by atoms with Crippen LogP contribution in [0.5, 0.6) is 0 Å². The van der Waals surface area contributed by atoms with Gasteiger partial charge in [-0.1, -0.05) is 25.1 Å². The van der Waals surface area contributed by atoms with Gasteiger partial charge in [0.2, 0.25) is 0 Å². The summed E-state index contributed by atoms with van der Waals surface area (Å²) in [4.78, 5) is 0. The first-order chi connectivity index (χ1) is 6.72. The van der Waals surface area contributed by atoms with Gasteiger partial charge in [-0.25, -0.2) is 4.39 Å². The highest BCUT2D eigenvalue weighted by Crippen LogP contribution is 2.29. The van der Waals surface area contributed by atoms with Gasteiger partial charge in [0.25, 0.3) is 0 Å². The summed E-state index contributed by atoms with van der Waals surface area (Å²) in [6.45, 7) is 1.92. The Bertz CT molecular complexity index is 382. The maximum Gasteiger partial charge on any atom is 0.127 e. The summed E-state index contributed by atoms with van der Waals surface area (Å²) in [5.41, 5.74) is 2.55. The van der Waals surface area contributed by atoms with Crippen molar-refractivity contribution in [2.75, 3.05) is 0 Å². The fourth-order valence-corrected chi connectivity index (χ4v) is 1.83. The van der Waals surface area contributed by atoms with Gasteiger partial charge < -0.3 is 5.11 Å². The minimum absolute atomic E-state index is 0.169. The number of aliphatic hydroxyl groups is 1. The highest BCUT2D eigenvalue weighted by atomic mass is 19.1. The summed E-state index contributed by atoms with van der Waals surface area (Å²) in [6, 6.07) is 5.05. The lowest BCUT2D eigenvalue weighted by Gasteiger charge is -2.08. The second kappa shape index (κ2) is 3.54. The van der Waals surface area contributed by atoms with Crippen LogP contribution in [0.25, 0.3) is 6.08 Å². The van der Waals surface area contributed by atoms with E-state index in [1.54, 1.807) is 6.07 Å². The molecule has 0 amide bonds. The van der Waals surface area contributed by atoms with E-state index in [0.29, 0.717) is 12.8 Å². The van der Waals surface area contributed by atoms with Crippen LogP contribution in [0, 0.1) is 5.82 Å². The third kappa shape index (κ3) is 1.46. The van der Waals surface area contributed by atoms with Crippen molar-refractivity contribution in [3.8, 4) is 0 Å². The summed E-state index contributed by atoms with van der Waals surface area (Å²) in [6.07, 6.45) is 2.70. The number of halogens is 1. The van der Waals surface area contributed by atoms with Crippen molar-refractivity contribution >= 4 is 6.08 Å². The molecule has 14 heavy (non-hydrogen) atoms. The van der Waals surface area contributed by atoms with E-state index in [0.717, 1.165) is 16.7 Å². The molecule has 0 heterocycles. The van der Waals surface area contributed by atoms with Gasteiger partial charge in [-0.15, -0.1) is 0 Å². The fourth-order valence-electron chi connectivity index (χ4n) is 1.83. The van der Waals surface area contributed by atoms with Crippen molar-refractivity contribution in [2.24, 2.45) is 0 Å². The van der Waals surface area contributed by atoms with Crippen LogP contribution in [-0.4, -0.2) is 11.2 Å². The molecule has 0 aliphatic heterocycles. The van der Waals surface area contributed by atoms with E-state index in [1.807, 2.05) is 19.1 Å². The zero-order chi connectivity index (χ0) is 10.1. The van der Waals surface area contributed by atoms with E-state index < -0.39 is 6.10 Å². The molecule has 1 aromatic rings. The molecule has 2 rings (SSSR count). The van der Waals surface area contributed by atoms with Crippen LogP contribution in [0.2, 0.25) is 0 Å². The van der Waals surface area contributed by atoms with E-state index in [4.69, 9.17) is 0 Å². The second-order valence-electron chi connectivity index (χ2n) is 3.63. The average molecular weight is 192 g/mol. The first-order valence-electron chi connectivity index (χ1n) is 4.88. The molecule has 1 atom stereocenters. The first-order valence-corrected chi connectivity index (χ1v) is 4.88. The molecular formula is C12H13FO. The third-order valence-corrected chi connectivity index (χ3v) is 2.69. The predicted molar refractivity (Wildman–Crippen MR) is 54.4 cm³/mol. The lowest BCUT2D eigenvalue weighted by Crippen LogP contribution is -2.08. The van der Waals surface area contributed by atoms with E-state index in [9.17, 15) is 9.50 Å². The molecule has 0 radical (unpaired) electrons. The highest BCUT2D eigenvalue weighted by molar-refractivity contribution is 5.64. The Balaban J connectivity index is 2.32. The molecule has 1 aliphatic rings. The maximum atomic E-state index is 13.3. The topological polar surface area (TPSA) is 20.2 Å². The van der Waals surface area contributed by atoms with Gasteiger partial charge in [-0.2, -0.15) is 0 Å². The minimum atomic E-state index is -0.429. The normalized spacial score (nSPS) is 16.4. The van der Waals surface area contributed by atoms with Crippen LogP contribution < -0.4 is 0 Å². The Morgan fingerprint density at radius 2 is 2.29 bits per heavy atom. The number of aliphatic hydroxyl groups excluding tert-OH is 1. The molecule has 1 aliphatic carbocycles. The van der Waals surface area contributed by atoms with Gasteiger partial charge in [0.15, 0.2) is 0 Å². The summed E-state index contributed by atoms with van der Waals surface area (Å²) in [7, 11) is 0. The third-order valence-electron chi connectivity index (χ3n) is 2.69. The van der Waals surface area contributed by atoms with Crippen LogP contribution >= 0.6 is 0 Å². The number of hydrogen-bond acceptors (Lipinski definition) is 1. The zero-order valence-electron chi connectivity index (χ0n) is 8.13. The van der Waals surface area contributed by atoms with Crippen molar-refractivity contribution in [3.05, 3.63) is 40.7 Å². The number of benzene rings is 1. The Hall–Kier alpha value is -1.15. The van der Waals surface area contributed by atoms with Crippen molar-refractivity contribution < 1.29 is 9.50 Å². The molecule has 0 aromatic heterocycles. The number of fused-ring (bicyclic) bond motifs is 1. The Morgan fingerprint density at radius 3 is 2.93 bits per heavy atom. The SMILES string of the molecule is CC[C@H](O)C1=Cc2cccc(F)c2C1. The molecule has 0 fully saturated rings. The molecule has 1 nitrogen and oxygen atoms in total. The quantitative estimate of drug-likeness (QED) is 0.763. The van der Waals surface area contributed by atoms with E-state index in [-0.39, 0.29) is 5.82 Å². The van der Waals surface area contributed by atoms with Gasteiger partial charge in [0.05, 0.1) is 6.10 Å². The van der Waals surface area contributed by atoms with Gasteiger partial charge >= 0.3 is 0 Å². The minimum Gasteiger partial charge on any atom is -0.389 e. The van der Waals surface area contributed by atoms with E-state index >= 15 is 0 Å². The number of rotatable bonds is 2. The summed E-state index contributed by atoms with van der Waals surface area (Å²) in [5.74, 6) is -0.169. The second-order valence-corrected chi connectivity index (χ2v) is 3.63. The van der Waals surface area contributed by atoms with Crippen molar-refractivity contribution in [1.29, 1.82) is 0 Å². The largest absolute Gasteiger partial charge is 0.389 e. The zero-order valence-corrected chi connectivity index (χ0v) is 8.13. The molecule has 74 valence electrons. The standard InChI is InChI=1S/C12H13FO/c1-2-12(14)9-6-8-4-3-5-11(13)10(8)7-9/h3-6,12,14H,2,7H2,1H3/t12-/m0/s1. The Morgan fingerprint density at radius 1 is 1.50 bits per heavy atom. The molecule has 1 N–H and O–H groups in total.